The van der Waals surface area contributed by atoms with Crippen LogP contribution in [0.1, 0.15) is 11.1 Å². The molecular formula is C14H12BrFO. The summed E-state index contributed by atoms with van der Waals surface area (Å²) < 4.78 is 20.0. The van der Waals surface area contributed by atoms with Gasteiger partial charge in [0.25, 0.3) is 0 Å². The van der Waals surface area contributed by atoms with E-state index in [1.165, 1.54) is 0 Å². The predicted molar refractivity (Wildman–Crippen MR) is 69.6 cm³/mol. The van der Waals surface area contributed by atoms with E-state index in [0.29, 0.717) is 16.6 Å². The molecule has 0 atom stereocenters. The van der Waals surface area contributed by atoms with Crippen molar-refractivity contribution in [2.24, 2.45) is 0 Å². The third kappa shape index (κ3) is 2.86. The fourth-order valence-electron chi connectivity index (χ4n) is 1.49. The minimum absolute atomic E-state index is 0.272. The molecule has 88 valence electrons. The van der Waals surface area contributed by atoms with Gasteiger partial charge in [-0.3, -0.25) is 0 Å². The fraction of sp³-hybridized carbons (Fsp3) is 0.143. The van der Waals surface area contributed by atoms with E-state index in [2.05, 4.69) is 15.9 Å². The molecule has 3 heteroatoms. The molecule has 2 rings (SSSR count). The minimum atomic E-state index is -0.310. The van der Waals surface area contributed by atoms with Crippen LogP contribution in [0.3, 0.4) is 0 Å². The van der Waals surface area contributed by atoms with Gasteiger partial charge in [0.1, 0.15) is 6.61 Å². The van der Waals surface area contributed by atoms with Gasteiger partial charge in [-0.15, -0.1) is 0 Å². The molecule has 0 N–H and O–H groups in total. The Hall–Kier alpha value is -1.35. The third-order valence-corrected chi connectivity index (χ3v) is 3.09. The lowest BCUT2D eigenvalue weighted by Crippen LogP contribution is -1.99. The Morgan fingerprint density at radius 3 is 2.53 bits per heavy atom. The molecule has 0 saturated carbocycles. The Labute approximate surface area is 108 Å². The van der Waals surface area contributed by atoms with Gasteiger partial charge in [-0.25, -0.2) is 4.39 Å². The lowest BCUT2D eigenvalue weighted by atomic mass is 10.2. The van der Waals surface area contributed by atoms with Gasteiger partial charge in [0.05, 0.1) is 4.47 Å². The van der Waals surface area contributed by atoms with Crippen LogP contribution >= 0.6 is 15.9 Å². The van der Waals surface area contributed by atoms with Crippen molar-refractivity contribution in [3.63, 3.8) is 0 Å². The zero-order valence-corrected chi connectivity index (χ0v) is 11.0. The van der Waals surface area contributed by atoms with Crippen molar-refractivity contribution in [2.75, 3.05) is 0 Å². The smallest absolute Gasteiger partial charge is 0.169 e. The monoisotopic (exact) mass is 294 g/mol. The van der Waals surface area contributed by atoms with Gasteiger partial charge in [0.2, 0.25) is 0 Å². The highest BCUT2D eigenvalue weighted by atomic mass is 79.9. The number of ether oxygens (including phenoxy) is 1. The number of hydrogen-bond acceptors (Lipinski definition) is 1. The molecule has 0 aliphatic rings. The normalized spacial score (nSPS) is 10.3. The van der Waals surface area contributed by atoms with Crippen LogP contribution in [0.15, 0.2) is 46.9 Å². The molecule has 0 radical (unpaired) electrons. The van der Waals surface area contributed by atoms with Gasteiger partial charge in [-0.1, -0.05) is 36.4 Å². The second-order valence-corrected chi connectivity index (χ2v) is 4.64. The van der Waals surface area contributed by atoms with E-state index in [9.17, 15) is 4.39 Å². The van der Waals surface area contributed by atoms with Crippen molar-refractivity contribution in [3.8, 4) is 5.75 Å². The van der Waals surface area contributed by atoms with E-state index in [1.807, 2.05) is 30.3 Å². The second-order valence-electron chi connectivity index (χ2n) is 3.78. The van der Waals surface area contributed by atoms with Crippen LogP contribution in [0.25, 0.3) is 0 Å². The van der Waals surface area contributed by atoms with Crippen LogP contribution in [0.2, 0.25) is 0 Å². The third-order valence-electron chi connectivity index (χ3n) is 2.47. The second kappa shape index (κ2) is 5.32. The molecule has 17 heavy (non-hydrogen) atoms. The molecule has 0 aliphatic heterocycles. The average Bonchev–Trinajstić information content (AvgIpc) is 2.35. The predicted octanol–water partition coefficient (Wildman–Crippen LogP) is 4.48. The first-order valence-electron chi connectivity index (χ1n) is 5.30. The summed E-state index contributed by atoms with van der Waals surface area (Å²) in [5, 5.41) is 0. The van der Waals surface area contributed by atoms with Crippen molar-refractivity contribution in [1.82, 2.24) is 0 Å². The van der Waals surface area contributed by atoms with Crippen LogP contribution < -0.4 is 4.74 Å². The molecule has 0 heterocycles. The summed E-state index contributed by atoms with van der Waals surface area (Å²) >= 11 is 3.29. The highest BCUT2D eigenvalue weighted by Gasteiger charge is 2.10. The molecule has 0 amide bonds. The fourth-order valence-corrected chi connectivity index (χ4v) is 1.91. The summed E-state index contributed by atoms with van der Waals surface area (Å²) in [6, 6.07) is 13.2. The van der Waals surface area contributed by atoms with Crippen molar-refractivity contribution in [2.45, 2.75) is 13.5 Å². The summed E-state index contributed by atoms with van der Waals surface area (Å²) in [7, 11) is 0. The molecule has 0 saturated heterocycles. The van der Waals surface area contributed by atoms with Gasteiger partial charge in [-0.05, 0) is 40.0 Å². The molecule has 2 aromatic rings. The molecule has 0 bridgehead atoms. The van der Waals surface area contributed by atoms with Crippen LogP contribution in [-0.4, -0.2) is 0 Å². The van der Waals surface area contributed by atoms with Gasteiger partial charge in [-0.2, -0.15) is 0 Å². The Morgan fingerprint density at radius 2 is 1.82 bits per heavy atom. The first-order chi connectivity index (χ1) is 8.18. The topological polar surface area (TPSA) is 9.23 Å². The zero-order chi connectivity index (χ0) is 12.3. The lowest BCUT2D eigenvalue weighted by molar-refractivity contribution is 0.287. The minimum Gasteiger partial charge on any atom is -0.485 e. The molecule has 0 fully saturated rings. The van der Waals surface area contributed by atoms with E-state index in [0.717, 1.165) is 5.56 Å². The van der Waals surface area contributed by atoms with Gasteiger partial charge in [0, 0.05) is 0 Å². The maximum Gasteiger partial charge on any atom is 0.169 e. The molecule has 1 nitrogen and oxygen atoms in total. The van der Waals surface area contributed by atoms with Crippen molar-refractivity contribution >= 4 is 15.9 Å². The number of rotatable bonds is 3. The number of halogens is 2. The Kier molecular flexibility index (Phi) is 3.79. The summed E-state index contributed by atoms with van der Waals surface area (Å²) in [6.07, 6.45) is 0. The van der Waals surface area contributed by atoms with Crippen LogP contribution in [-0.2, 0) is 6.61 Å². The van der Waals surface area contributed by atoms with Gasteiger partial charge < -0.3 is 4.74 Å². The lowest BCUT2D eigenvalue weighted by Gasteiger charge is -2.10. The Balaban J connectivity index is 2.17. The van der Waals surface area contributed by atoms with E-state index in [1.54, 1.807) is 19.1 Å². The highest BCUT2D eigenvalue weighted by Crippen LogP contribution is 2.30. The summed E-state index contributed by atoms with van der Waals surface area (Å²) in [6.45, 7) is 2.08. The summed E-state index contributed by atoms with van der Waals surface area (Å²) in [5.41, 5.74) is 1.59. The van der Waals surface area contributed by atoms with Gasteiger partial charge >= 0.3 is 0 Å². The summed E-state index contributed by atoms with van der Waals surface area (Å²) in [5.74, 6) is -0.0378. The maximum atomic E-state index is 13.8. The van der Waals surface area contributed by atoms with E-state index < -0.39 is 0 Å². The molecular weight excluding hydrogens is 283 g/mol. The first kappa shape index (κ1) is 12.1. The molecule has 0 aliphatic carbocycles. The standard InChI is InChI=1S/C14H12BrFO/c1-10-7-8-12(15)14(13(10)16)17-9-11-5-3-2-4-6-11/h2-8H,9H2,1H3. The van der Waals surface area contributed by atoms with Crippen LogP contribution in [0.5, 0.6) is 5.75 Å². The number of hydrogen-bond donors (Lipinski definition) is 0. The molecule has 0 unspecified atom stereocenters. The maximum absolute atomic E-state index is 13.8. The van der Waals surface area contributed by atoms with Crippen LogP contribution in [0.4, 0.5) is 4.39 Å². The zero-order valence-electron chi connectivity index (χ0n) is 9.41. The van der Waals surface area contributed by atoms with Gasteiger partial charge in [0.15, 0.2) is 11.6 Å². The Bertz CT molecular complexity index is 511. The summed E-state index contributed by atoms with van der Waals surface area (Å²) in [4.78, 5) is 0. The first-order valence-corrected chi connectivity index (χ1v) is 6.09. The van der Waals surface area contributed by atoms with Crippen molar-refractivity contribution in [3.05, 3.63) is 63.9 Å². The largest absolute Gasteiger partial charge is 0.485 e. The van der Waals surface area contributed by atoms with E-state index >= 15 is 0 Å². The van der Waals surface area contributed by atoms with Crippen molar-refractivity contribution < 1.29 is 9.13 Å². The number of benzene rings is 2. The van der Waals surface area contributed by atoms with Crippen LogP contribution in [0, 0.1) is 12.7 Å². The molecule has 0 spiro atoms. The quantitative estimate of drug-likeness (QED) is 0.811. The number of aryl methyl sites for hydroxylation is 1. The highest BCUT2D eigenvalue weighted by molar-refractivity contribution is 9.10. The van der Waals surface area contributed by atoms with E-state index in [4.69, 9.17) is 4.74 Å². The Morgan fingerprint density at radius 1 is 1.12 bits per heavy atom. The SMILES string of the molecule is Cc1ccc(Br)c(OCc2ccccc2)c1F. The van der Waals surface area contributed by atoms with Crippen molar-refractivity contribution in [1.29, 1.82) is 0 Å². The van der Waals surface area contributed by atoms with E-state index in [-0.39, 0.29) is 11.6 Å². The molecule has 0 aromatic heterocycles. The average molecular weight is 295 g/mol. The molecule has 2 aromatic carbocycles.